The maximum Gasteiger partial charge on any atom is 0.305 e. The zero-order valence-electron chi connectivity index (χ0n) is 10.7. The van der Waals surface area contributed by atoms with E-state index in [1.165, 1.54) is 16.0 Å². The molecule has 0 spiro atoms. The van der Waals surface area contributed by atoms with Crippen molar-refractivity contribution in [2.75, 3.05) is 0 Å². The Bertz CT molecular complexity index is 626. The Balaban J connectivity index is 2.45. The molecule has 2 rings (SSSR count). The standard InChI is InChI=1S/C11H12Cl2N4O2S/c1-5(2)7(4-9(18)19)17-11(14-15-16-17)6-3-8(12)20-10(6)13/h3,5,7H,4H2,1-2H3,(H,18,19). The highest BCUT2D eigenvalue weighted by molar-refractivity contribution is 7.20. The van der Waals surface area contributed by atoms with Gasteiger partial charge in [-0.3, -0.25) is 4.79 Å². The summed E-state index contributed by atoms with van der Waals surface area (Å²) in [7, 11) is 0. The summed E-state index contributed by atoms with van der Waals surface area (Å²) in [6.45, 7) is 3.84. The Labute approximate surface area is 129 Å². The molecule has 2 aromatic heterocycles. The number of carbonyl (C=O) groups is 1. The maximum absolute atomic E-state index is 11.0. The molecule has 6 nitrogen and oxygen atoms in total. The average Bonchev–Trinajstić information content (AvgIpc) is 2.91. The van der Waals surface area contributed by atoms with Crippen LogP contribution in [0, 0.1) is 5.92 Å². The first-order chi connectivity index (χ1) is 9.40. The molecule has 1 N–H and O–H groups in total. The summed E-state index contributed by atoms with van der Waals surface area (Å²) in [6.07, 6.45) is -0.0643. The van der Waals surface area contributed by atoms with Crippen molar-refractivity contribution in [3.63, 3.8) is 0 Å². The molecule has 0 aliphatic carbocycles. The number of carboxylic acids is 1. The lowest BCUT2D eigenvalue weighted by Crippen LogP contribution is -2.21. The van der Waals surface area contributed by atoms with Crippen LogP contribution in [0.3, 0.4) is 0 Å². The van der Waals surface area contributed by atoms with Crippen molar-refractivity contribution < 1.29 is 9.90 Å². The topological polar surface area (TPSA) is 80.9 Å². The molecule has 1 unspecified atom stereocenters. The lowest BCUT2D eigenvalue weighted by molar-refractivity contribution is -0.138. The number of hydrogen-bond donors (Lipinski definition) is 1. The van der Waals surface area contributed by atoms with Gasteiger partial charge >= 0.3 is 5.97 Å². The van der Waals surface area contributed by atoms with Crippen LogP contribution in [0.5, 0.6) is 0 Å². The number of thiophene rings is 1. The Hall–Kier alpha value is -1.18. The van der Waals surface area contributed by atoms with E-state index in [1.54, 1.807) is 6.07 Å². The van der Waals surface area contributed by atoms with Crippen molar-refractivity contribution in [1.82, 2.24) is 20.2 Å². The summed E-state index contributed by atoms with van der Waals surface area (Å²) in [5.74, 6) is -0.418. The molecule has 2 heterocycles. The van der Waals surface area contributed by atoms with Crippen LogP contribution in [0.15, 0.2) is 6.07 Å². The van der Waals surface area contributed by atoms with E-state index in [9.17, 15) is 4.79 Å². The second-order valence-corrected chi connectivity index (χ2v) is 6.88. The van der Waals surface area contributed by atoms with Crippen molar-refractivity contribution >= 4 is 40.5 Å². The third-order valence-electron chi connectivity index (χ3n) is 2.86. The fourth-order valence-electron chi connectivity index (χ4n) is 1.87. The van der Waals surface area contributed by atoms with Crippen molar-refractivity contribution in [1.29, 1.82) is 0 Å². The van der Waals surface area contributed by atoms with Crippen molar-refractivity contribution in [2.24, 2.45) is 5.92 Å². The monoisotopic (exact) mass is 334 g/mol. The van der Waals surface area contributed by atoms with E-state index in [0.717, 1.165) is 0 Å². The number of hydrogen-bond acceptors (Lipinski definition) is 5. The van der Waals surface area contributed by atoms with Gasteiger partial charge < -0.3 is 5.11 Å². The first kappa shape index (κ1) is 15.2. The third-order valence-corrected chi connectivity index (χ3v) is 4.35. The minimum atomic E-state index is -0.903. The zero-order chi connectivity index (χ0) is 14.9. The number of halogens is 2. The molecule has 108 valence electrons. The second kappa shape index (κ2) is 6.07. The summed E-state index contributed by atoms with van der Waals surface area (Å²) in [5, 5.41) is 20.5. The molecule has 0 amide bonds. The highest BCUT2D eigenvalue weighted by atomic mass is 35.5. The largest absolute Gasteiger partial charge is 0.481 e. The first-order valence-corrected chi connectivity index (χ1v) is 7.42. The zero-order valence-corrected chi connectivity index (χ0v) is 13.1. The van der Waals surface area contributed by atoms with Crippen LogP contribution in [0.1, 0.15) is 26.3 Å². The molecule has 0 aromatic carbocycles. The maximum atomic E-state index is 11.0. The van der Waals surface area contributed by atoms with Crippen LogP contribution in [0.25, 0.3) is 11.4 Å². The fraction of sp³-hybridized carbons (Fsp3) is 0.455. The van der Waals surface area contributed by atoms with Crippen LogP contribution >= 0.6 is 34.5 Å². The van der Waals surface area contributed by atoms with Gasteiger partial charge in [-0.05, 0) is 22.4 Å². The number of carboxylic acid groups (broad SMARTS) is 1. The summed E-state index contributed by atoms with van der Waals surface area (Å²) in [5.41, 5.74) is 0.614. The minimum absolute atomic E-state index is 0.0567. The van der Waals surface area contributed by atoms with Gasteiger partial charge in [0, 0.05) is 0 Å². The van der Waals surface area contributed by atoms with Crippen LogP contribution < -0.4 is 0 Å². The predicted octanol–water partition coefficient (Wildman–Crippen LogP) is 3.38. The number of rotatable bonds is 5. The molecule has 0 fully saturated rings. The van der Waals surface area contributed by atoms with Crippen molar-refractivity contribution in [2.45, 2.75) is 26.3 Å². The number of aliphatic carboxylic acids is 1. The summed E-state index contributed by atoms with van der Waals surface area (Å²) in [4.78, 5) is 11.0. The Morgan fingerprint density at radius 2 is 2.20 bits per heavy atom. The summed E-state index contributed by atoms with van der Waals surface area (Å²) >= 11 is 13.2. The molecule has 0 radical (unpaired) electrons. The summed E-state index contributed by atoms with van der Waals surface area (Å²) < 4.78 is 2.51. The molecule has 1 atom stereocenters. The first-order valence-electron chi connectivity index (χ1n) is 5.85. The Morgan fingerprint density at radius 3 is 2.70 bits per heavy atom. The van der Waals surface area contributed by atoms with Gasteiger partial charge in [-0.15, -0.1) is 16.4 Å². The lowest BCUT2D eigenvalue weighted by Gasteiger charge is -2.19. The SMILES string of the molecule is CC(C)C(CC(=O)O)n1nnnc1-c1cc(Cl)sc1Cl. The predicted molar refractivity (Wildman–Crippen MR) is 77.3 cm³/mol. The van der Waals surface area contributed by atoms with Gasteiger partial charge in [0.2, 0.25) is 0 Å². The molecule has 0 aliphatic heterocycles. The van der Waals surface area contributed by atoms with E-state index < -0.39 is 5.97 Å². The molecule has 0 aliphatic rings. The summed E-state index contributed by atoms with van der Waals surface area (Å²) in [6, 6.07) is 1.32. The highest BCUT2D eigenvalue weighted by Crippen LogP contribution is 2.38. The fourth-order valence-corrected chi connectivity index (χ4v) is 3.33. The molecule has 9 heteroatoms. The number of tetrazole rings is 1. The van der Waals surface area contributed by atoms with Gasteiger partial charge in [-0.1, -0.05) is 37.0 Å². The third kappa shape index (κ3) is 3.11. The van der Waals surface area contributed by atoms with Crippen LogP contribution in [-0.4, -0.2) is 31.3 Å². The van der Waals surface area contributed by atoms with Gasteiger partial charge in [-0.2, -0.15) is 0 Å². The van der Waals surface area contributed by atoms with Crippen molar-refractivity contribution in [3.8, 4) is 11.4 Å². The van der Waals surface area contributed by atoms with E-state index in [1.807, 2.05) is 13.8 Å². The van der Waals surface area contributed by atoms with Gasteiger partial charge in [0.25, 0.3) is 0 Å². The van der Waals surface area contributed by atoms with Gasteiger partial charge in [0.1, 0.15) is 4.34 Å². The Morgan fingerprint density at radius 1 is 1.50 bits per heavy atom. The van der Waals surface area contributed by atoms with Gasteiger partial charge in [0.05, 0.1) is 22.4 Å². The van der Waals surface area contributed by atoms with Gasteiger partial charge in [0.15, 0.2) is 5.82 Å². The molecular weight excluding hydrogens is 323 g/mol. The average molecular weight is 335 g/mol. The molecule has 0 bridgehead atoms. The lowest BCUT2D eigenvalue weighted by atomic mass is 10.0. The number of aromatic nitrogens is 4. The molecular formula is C11H12Cl2N4O2S. The highest BCUT2D eigenvalue weighted by Gasteiger charge is 2.25. The van der Waals surface area contributed by atoms with E-state index in [2.05, 4.69) is 15.5 Å². The van der Waals surface area contributed by atoms with Crippen LogP contribution in [0.4, 0.5) is 0 Å². The quantitative estimate of drug-likeness (QED) is 0.906. The van der Waals surface area contributed by atoms with E-state index in [0.29, 0.717) is 20.1 Å². The Kier molecular flexibility index (Phi) is 4.62. The normalized spacial score (nSPS) is 12.8. The van der Waals surface area contributed by atoms with E-state index in [4.69, 9.17) is 28.3 Å². The minimum Gasteiger partial charge on any atom is -0.481 e. The molecule has 2 aromatic rings. The van der Waals surface area contributed by atoms with E-state index >= 15 is 0 Å². The van der Waals surface area contributed by atoms with Crippen LogP contribution in [0.2, 0.25) is 8.67 Å². The van der Waals surface area contributed by atoms with Gasteiger partial charge in [-0.25, -0.2) is 4.68 Å². The smallest absolute Gasteiger partial charge is 0.305 e. The second-order valence-electron chi connectivity index (χ2n) is 4.59. The van der Waals surface area contributed by atoms with Crippen molar-refractivity contribution in [3.05, 3.63) is 14.7 Å². The number of nitrogens with zero attached hydrogens (tertiary/aromatic N) is 4. The van der Waals surface area contributed by atoms with Crippen LogP contribution in [-0.2, 0) is 4.79 Å². The molecule has 20 heavy (non-hydrogen) atoms. The molecule has 0 saturated heterocycles. The molecule has 0 saturated carbocycles. The van der Waals surface area contributed by atoms with E-state index in [-0.39, 0.29) is 18.4 Å².